The third kappa shape index (κ3) is 2.20. The number of methoxy groups -OCH3 is 1. The van der Waals surface area contributed by atoms with Gasteiger partial charge in [-0.15, -0.1) is 0 Å². The van der Waals surface area contributed by atoms with E-state index >= 15 is 0 Å². The normalized spacial score (nSPS) is 33.0. The van der Waals surface area contributed by atoms with Crippen LogP contribution in [0.3, 0.4) is 0 Å². The van der Waals surface area contributed by atoms with Gasteiger partial charge < -0.3 is 9.64 Å². The Balaban J connectivity index is 1.79. The standard InChI is InChI=1S/C15H21N3O2/c1-15-5-6-18(13(15)4-3-12(7-15)20-2)14(19)11-8-16-10-17-9-11/h8-10,12-13H,3-7H2,1-2H3/t12-,13-,15+/m1/s1. The molecular weight excluding hydrogens is 254 g/mol. The van der Waals surface area contributed by atoms with E-state index in [2.05, 4.69) is 16.9 Å². The van der Waals surface area contributed by atoms with Gasteiger partial charge in [-0.1, -0.05) is 6.92 Å². The Morgan fingerprint density at radius 1 is 1.40 bits per heavy atom. The van der Waals surface area contributed by atoms with E-state index in [4.69, 9.17) is 4.74 Å². The van der Waals surface area contributed by atoms with Crippen molar-refractivity contribution in [3.63, 3.8) is 0 Å². The highest BCUT2D eigenvalue weighted by Crippen LogP contribution is 2.47. The number of amides is 1. The minimum absolute atomic E-state index is 0.0650. The van der Waals surface area contributed by atoms with Crippen LogP contribution in [0.4, 0.5) is 0 Å². The molecule has 1 amide bonds. The van der Waals surface area contributed by atoms with Crippen molar-refractivity contribution >= 4 is 5.91 Å². The predicted molar refractivity (Wildman–Crippen MR) is 74.2 cm³/mol. The Kier molecular flexibility index (Phi) is 3.46. The van der Waals surface area contributed by atoms with E-state index in [0.29, 0.717) is 17.7 Å². The first-order chi connectivity index (χ1) is 9.64. The fourth-order valence-corrected chi connectivity index (χ4v) is 3.80. The lowest BCUT2D eigenvalue weighted by Gasteiger charge is -2.42. The summed E-state index contributed by atoms with van der Waals surface area (Å²) in [6, 6.07) is 0.321. The molecule has 1 aromatic rings. The van der Waals surface area contributed by atoms with Crippen molar-refractivity contribution in [1.29, 1.82) is 0 Å². The highest BCUT2D eigenvalue weighted by atomic mass is 16.5. The predicted octanol–water partition coefficient (Wildman–Crippen LogP) is 1.90. The Labute approximate surface area is 119 Å². The molecule has 1 aliphatic carbocycles. The van der Waals surface area contributed by atoms with Gasteiger partial charge in [-0.25, -0.2) is 9.97 Å². The molecule has 5 nitrogen and oxygen atoms in total. The van der Waals surface area contributed by atoms with Crippen molar-refractivity contribution in [3.8, 4) is 0 Å². The summed E-state index contributed by atoms with van der Waals surface area (Å²) in [6.45, 7) is 3.11. The number of fused-ring (bicyclic) bond motifs is 1. The van der Waals surface area contributed by atoms with Crippen molar-refractivity contribution in [1.82, 2.24) is 14.9 Å². The van der Waals surface area contributed by atoms with E-state index in [9.17, 15) is 4.79 Å². The SMILES string of the molecule is CO[C@@H]1CC[C@H]2N(C(=O)c3cncnc3)CC[C@@]2(C)C1. The van der Waals surface area contributed by atoms with Crippen LogP contribution >= 0.6 is 0 Å². The van der Waals surface area contributed by atoms with Gasteiger partial charge in [0.15, 0.2) is 0 Å². The van der Waals surface area contributed by atoms with Gasteiger partial charge in [-0.2, -0.15) is 0 Å². The number of hydrogen-bond donors (Lipinski definition) is 0. The van der Waals surface area contributed by atoms with Crippen molar-refractivity contribution in [3.05, 3.63) is 24.3 Å². The molecule has 1 aliphatic heterocycles. The van der Waals surface area contributed by atoms with E-state index in [1.165, 1.54) is 6.33 Å². The number of carbonyl (C=O) groups is 1. The van der Waals surface area contributed by atoms with Crippen LogP contribution < -0.4 is 0 Å². The number of likely N-dealkylation sites (tertiary alicyclic amines) is 1. The van der Waals surface area contributed by atoms with Crippen LogP contribution in [0.15, 0.2) is 18.7 Å². The smallest absolute Gasteiger partial charge is 0.257 e. The lowest BCUT2D eigenvalue weighted by Crippen LogP contribution is -2.46. The molecular formula is C15H21N3O2. The van der Waals surface area contributed by atoms with Crippen LogP contribution in [0, 0.1) is 5.41 Å². The second-order valence-electron chi connectivity index (χ2n) is 6.18. The summed E-state index contributed by atoms with van der Waals surface area (Å²) in [5, 5.41) is 0. The molecule has 0 aromatic carbocycles. The molecule has 2 aliphatic rings. The van der Waals surface area contributed by atoms with Crippen molar-refractivity contribution in [2.45, 2.75) is 44.8 Å². The lowest BCUT2D eigenvalue weighted by atomic mass is 9.71. The maximum absolute atomic E-state index is 12.6. The fraction of sp³-hybridized carbons (Fsp3) is 0.667. The highest BCUT2D eigenvalue weighted by Gasteiger charge is 2.49. The van der Waals surface area contributed by atoms with Gasteiger partial charge in [0, 0.05) is 32.1 Å². The summed E-state index contributed by atoms with van der Waals surface area (Å²) < 4.78 is 5.52. The molecule has 3 rings (SSSR count). The van der Waals surface area contributed by atoms with Gasteiger partial charge >= 0.3 is 0 Å². The minimum Gasteiger partial charge on any atom is -0.381 e. The van der Waals surface area contributed by atoms with Crippen LogP contribution in [-0.4, -0.2) is 46.6 Å². The fourth-order valence-electron chi connectivity index (χ4n) is 3.80. The average Bonchev–Trinajstić information content (AvgIpc) is 2.83. The van der Waals surface area contributed by atoms with Gasteiger partial charge in [-0.3, -0.25) is 4.79 Å². The van der Waals surface area contributed by atoms with Gasteiger partial charge in [0.05, 0.1) is 11.7 Å². The summed E-state index contributed by atoms with van der Waals surface area (Å²) in [6.07, 6.45) is 9.15. The molecule has 0 spiro atoms. The molecule has 1 saturated heterocycles. The number of hydrogen-bond acceptors (Lipinski definition) is 4. The monoisotopic (exact) mass is 275 g/mol. The number of aromatic nitrogens is 2. The van der Waals surface area contributed by atoms with E-state index in [-0.39, 0.29) is 11.3 Å². The first-order valence-electron chi connectivity index (χ1n) is 7.23. The first-order valence-corrected chi connectivity index (χ1v) is 7.23. The molecule has 0 N–H and O–H groups in total. The molecule has 1 saturated carbocycles. The number of ether oxygens (including phenoxy) is 1. The largest absolute Gasteiger partial charge is 0.381 e. The summed E-state index contributed by atoms with van der Waals surface area (Å²) in [4.78, 5) is 22.5. The first kappa shape index (κ1) is 13.5. The zero-order valence-electron chi connectivity index (χ0n) is 12.1. The highest BCUT2D eigenvalue weighted by molar-refractivity contribution is 5.94. The van der Waals surface area contributed by atoms with Crippen LogP contribution in [-0.2, 0) is 4.74 Å². The Hall–Kier alpha value is -1.49. The summed E-state index contributed by atoms with van der Waals surface area (Å²) >= 11 is 0. The minimum atomic E-state index is 0.0650. The number of nitrogens with zero attached hydrogens (tertiary/aromatic N) is 3. The van der Waals surface area contributed by atoms with Crippen LogP contribution in [0.25, 0.3) is 0 Å². The molecule has 5 heteroatoms. The molecule has 20 heavy (non-hydrogen) atoms. The maximum Gasteiger partial charge on any atom is 0.257 e. The zero-order valence-corrected chi connectivity index (χ0v) is 12.1. The summed E-state index contributed by atoms with van der Waals surface area (Å²) in [7, 11) is 1.79. The molecule has 0 radical (unpaired) electrons. The molecule has 1 aromatic heterocycles. The van der Waals surface area contributed by atoms with E-state index in [1.807, 2.05) is 4.90 Å². The summed E-state index contributed by atoms with van der Waals surface area (Å²) in [5.74, 6) is 0.0650. The van der Waals surface area contributed by atoms with Crippen LogP contribution in [0.2, 0.25) is 0 Å². The topological polar surface area (TPSA) is 55.3 Å². The third-order valence-corrected chi connectivity index (χ3v) is 4.96. The van der Waals surface area contributed by atoms with Gasteiger partial charge in [0.1, 0.15) is 6.33 Å². The van der Waals surface area contributed by atoms with Gasteiger partial charge in [0.2, 0.25) is 0 Å². The van der Waals surface area contributed by atoms with Gasteiger partial charge in [-0.05, 0) is 31.1 Å². The molecule has 0 unspecified atom stereocenters. The molecule has 3 atom stereocenters. The van der Waals surface area contributed by atoms with Crippen molar-refractivity contribution in [2.75, 3.05) is 13.7 Å². The van der Waals surface area contributed by atoms with Gasteiger partial charge in [0.25, 0.3) is 5.91 Å². The van der Waals surface area contributed by atoms with Crippen LogP contribution in [0.1, 0.15) is 43.0 Å². The number of carbonyl (C=O) groups excluding carboxylic acids is 1. The number of rotatable bonds is 2. The quantitative estimate of drug-likeness (QED) is 0.827. The van der Waals surface area contributed by atoms with E-state index in [1.54, 1.807) is 19.5 Å². The van der Waals surface area contributed by atoms with Crippen molar-refractivity contribution in [2.24, 2.45) is 5.41 Å². The lowest BCUT2D eigenvalue weighted by molar-refractivity contribution is -0.00278. The Bertz CT molecular complexity index is 493. The Morgan fingerprint density at radius 2 is 2.15 bits per heavy atom. The molecule has 0 bridgehead atoms. The maximum atomic E-state index is 12.6. The second-order valence-corrected chi connectivity index (χ2v) is 6.18. The van der Waals surface area contributed by atoms with E-state index < -0.39 is 0 Å². The zero-order chi connectivity index (χ0) is 14.2. The summed E-state index contributed by atoms with van der Waals surface area (Å²) in [5.41, 5.74) is 0.773. The third-order valence-electron chi connectivity index (χ3n) is 4.96. The Morgan fingerprint density at radius 3 is 2.85 bits per heavy atom. The van der Waals surface area contributed by atoms with Crippen molar-refractivity contribution < 1.29 is 9.53 Å². The molecule has 108 valence electrons. The average molecular weight is 275 g/mol. The molecule has 2 heterocycles. The van der Waals surface area contributed by atoms with E-state index in [0.717, 1.165) is 32.2 Å². The molecule has 2 fully saturated rings. The van der Waals surface area contributed by atoms with Crippen LogP contribution in [0.5, 0.6) is 0 Å². The second kappa shape index (κ2) is 5.13.